The van der Waals surface area contributed by atoms with E-state index in [-0.39, 0.29) is 5.56 Å². The SMILES string of the molecule is O=c1[nH]cnc(Nc2cc(F)ccc2Cl)c1I. The largest absolute Gasteiger partial charge is 0.338 e. The van der Waals surface area contributed by atoms with Crippen molar-refractivity contribution in [1.29, 1.82) is 0 Å². The Kier molecular flexibility index (Phi) is 3.63. The highest BCUT2D eigenvalue weighted by Gasteiger charge is 2.08. The Morgan fingerprint density at radius 1 is 1.47 bits per heavy atom. The fourth-order valence-corrected chi connectivity index (χ4v) is 1.79. The van der Waals surface area contributed by atoms with Crippen LogP contribution in [0.3, 0.4) is 0 Å². The van der Waals surface area contributed by atoms with E-state index in [0.717, 1.165) is 0 Å². The van der Waals surface area contributed by atoms with Gasteiger partial charge in [-0.25, -0.2) is 9.37 Å². The molecule has 0 aliphatic heterocycles. The molecule has 0 bridgehead atoms. The van der Waals surface area contributed by atoms with Crippen LogP contribution >= 0.6 is 34.2 Å². The van der Waals surface area contributed by atoms with E-state index in [4.69, 9.17) is 11.6 Å². The number of anilines is 2. The van der Waals surface area contributed by atoms with Crippen LogP contribution in [0.5, 0.6) is 0 Å². The zero-order valence-corrected chi connectivity index (χ0v) is 11.2. The van der Waals surface area contributed by atoms with Gasteiger partial charge in [0.2, 0.25) is 0 Å². The summed E-state index contributed by atoms with van der Waals surface area (Å²) in [5, 5.41) is 3.16. The number of rotatable bonds is 2. The normalized spacial score (nSPS) is 10.3. The Balaban J connectivity index is 2.41. The maximum atomic E-state index is 13.0. The summed E-state index contributed by atoms with van der Waals surface area (Å²) in [7, 11) is 0. The molecule has 1 aromatic heterocycles. The summed E-state index contributed by atoms with van der Waals surface area (Å²) in [5.41, 5.74) is 0.0957. The molecule has 0 saturated carbocycles. The topological polar surface area (TPSA) is 57.8 Å². The number of benzene rings is 1. The van der Waals surface area contributed by atoms with E-state index in [1.54, 1.807) is 0 Å². The molecule has 2 rings (SSSR count). The lowest BCUT2D eigenvalue weighted by Gasteiger charge is -2.08. The number of nitrogens with zero attached hydrogens (tertiary/aromatic N) is 1. The van der Waals surface area contributed by atoms with Gasteiger partial charge in [0.05, 0.1) is 17.0 Å². The van der Waals surface area contributed by atoms with Gasteiger partial charge >= 0.3 is 0 Å². The highest BCUT2D eigenvalue weighted by molar-refractivity contribution is 14.1. The average molecular weight is 366 g/mol. The molecule has 88 valence electrons. The van der Waals surface area contributed by atoms with E-state index in [9.17, 15) is 9.18 Å². The number of aromatic nitrogens is 2. The van der Waals surface area contributed by atoms with Crippen molar-refractivity contribution < 1.29 is 4.39 Å². The van der Waals surface area contributed by atoms with Crippen molar-refractivity contribution in [1.82, 2.24) is 9.97 Å². The Bertz CT molecular complexity index is 617. The third kappa shape index (κ3) is 2.75. The van der Waals surface area contributed by atoms with Crippen LogP contribution in [-0.4, -0.2) is 9.97 Å². The standard InChI is InChI=1S/C10H6ClFIN3O/c11-6-2-1-5(12)3-7(6)16-9-8(13)10(17)15-4-14-9/h1-4H,(H2,14,15,16,17). The summed E-state index contributed by atoms with van der Waals surface area (Å²) >= 11 is 7.74. The van der Waals surface area contributed by atoms with Crippen molar-refractivity contribution in [3.8, 4) is 0 Å². The van der Waals surface area contributed by atoms with E-state index in [0.29, 0.717) is 20.1 Å². The fourth-order valence-electron chi connectivity index (χ4n) is 1.19. The number of halogens is 3. The summed E-state index contributed by atoms with van der Waals surface area (Å²) in [6.07, 6.45) is 1.26. The molecule has 0 spiro atoms. The molecular formula is C10H6ClFIN3O. The first-order valence-corrected chi connectivity index (χ1v) is 5.99. The Morgan fingerprint density at radius 2 is 2.24 bits per heavy atom. The molecule has 0 radical (unpaired) electrons. The minimum atomic E-state index is -0.420. The van der Waals surface area contributed by atoms with E-state index in [2.05, 4.69) is 15.3 Å². The quantitative estimate of drug-likeness (QED) is 0.805. The lowest BCUT2D eigenvalue weighted by Crippen LogP contribution is -2.13. The molecule has 17 heavy (non-hydrogen) atoms. The van der Waals surface area contributed by atoms with Crippen LogP contribution in [0.2, 0.25) is 5.02 Å². The number of H-pyrrole nitrogens is 1. The van der Waals surface area contributed by atoms with Crippen LogP contribution in [-0.2, 0) is 0 Å². The first-order chi connectivity index (χ1) is 8.08. The van der Waals surface area contributed by atoms with E-state index >= 15 is 0 Å². The van der Waals surface area contributed by atoms with Gasteiger partial charge in [-0.05, 0) is 40.8 Å². The predicted molar refractivity (Wildman–Crippen MR) is 72.3 cm³/mol. The van der Waals surface area contributed by atoms with Crippen molar-refractivity contribution in [2.24, 2.45) is 0 Å². The molecule has 7 heteroatoms. The third-order valence-corrected chi connectivity index (χ3v) is 3.31. The Hall–Kier alpha value is -1.15. The lowest BCUT2D eigenvalue weighted by molar-refractivity contribution is 0.628. The molecule has 0 unspecified atom stereocenters. The highest BCUT2D eigenvalue weighted by atomic mass is 127. The van der Waals surface area contributed by atoms with Crippen LogP contribution in [0.15, 0.2) is 29.3 Å². The Labute approximate surface area is 114 Å². The average Bonchev–Trinajstić information content (AvgIpc) is 2.30. The molecule has 1 heterocycles. The molecule has 2 aromatic rings. The van der Waals surface area contributed by atoms with Crippen molar-refractivity contribution in [3.63, 3.8) is 0 Å². The first kappa shape index (κ1) is 12.3. The van der Waals surface area contributed by atoms with Gasteiger partial charge in [0.15, 0.2) is 5.82 Å². The maximum absolute atomic E-state index is 13.0. The van der Waals surface area contributed by atoms with Crippen molar-refractivity contribution in [2.45, 2.75) is 0 Å². The van der Waals surface area contributed by atoms with Gasteiger partial charge in [0.1, 0.15) is 9.39 Å². The number of hydrogen-bond acceptors (Lipinski definition) is 3. The second-order valence-electron chi connectivity index (χ2n) is 3.14. The van der Waals surface area contributed by atoms with E-state index in [1.807, 2.05) is 22.6 Å². The van der Waals surface area contributed by atoms with Gasteiger partial charge in [-0.2, -0.15) is 0 Å². The molecule has 0 amide bonds. The van der Waals surface area contributed by atoms with Gasteiger partial charge in [-0.3, -0.25) is 4.79 Å². The van der Waals surface area contributed by atoms with Crippen LogP contribution in [0.25, 0.3) is 0 Å². The molecule has 0 saturated heterocycles. The van der Waals surface area contributed by atoms with Crippen molar-refractivity contribution in [3.05, 3.63) is 49.3 Å². The maximum Gasteiger partial charge on any atom is 0.266 e. The minimum absolute atomic E-state index is 0.268. The zero-order valence-electron chi connectivity index (χ0n) is 8.30. The minimum Gasteiger partial charge on any atom is -0.338 e. The molecule has 4 nitrogen and oxygen atoms in total. The lowest BCUT2D eigenvalue weighted by atomic mass is 10.3. The first-order valence-electron chi connectivity index (χ1n) is 4.53. The van der Waals surface area contributed by atoms with Gasteiger partial charge in [0.25, 0.3) is 5.56 Å². The van der Waals surface area contributed by atoms with Crippen molar-refractivity contribution in [2.75, 3.05) is 5.32 Å². The third-order valence-electron chi connectivity index (χ3n) is 1.98. The van der Waals surface area contributed by atoms with Crippen LogP contribution < -0.4 is 10.9 Å². The molecule has 1 aromatic carbocycles. The second-order valence-corrected chi connectivity index (χ2v) is 4.63. The number of aromatic amines is 1. The summed E-state index contributed by atoms with van der Waals surface area (Å²) in [4.78, 5) is 17.7. The van der Waals surface area contributed by atoms with Crippen LogP contribution in [0, 0.1) is 9.39 Å². The van der Waals surface area contributed by atoms with Gasteiger partial charge < -0.3 is 10.3 Å². The van der Waals surface area contributed by atoms with Crippen LogP contribution in [0.1, 0.15) is 0 Å². The Morgan fingerprint density at radius 3 is 3.00 bits per heavy atom. The van der Waals surface area contributed by atoms with Gasteiger partial charge in [0, 0.05) is 0 Å². The van der Waals surface area contributed by atoms with E-state index in [1.165, 1.54) is 24.5 Å². The van der Waals surface area contributed by atoms with Gasteiger partial charge in [-0.1, -0.05) is 11.6 Å². The van der Waals surface area contributed by atoms with Crippen LogP contribution in [0.4, 0.5) is 15.9 Å². The van der Waals surface area contributed by atoms with Crippen molar-refractivity contribution >= 4 is 45.7 Å². The fraction of sp³-hybridized carbons (Fsp3) is 0. The smallest absolute Gasteiger partial charge is 0.266 e. The zero-order chi connectivity index (χ0) is 12.4. The summed E-state index contributed by atoms with van der Waals surface area (Å²) in [5.74, 6) is -0.0846. The molecule has 0 aliphatic carbocycles. The highest BCUT2D eigenvalue weighted by Crippen LogP contribution is 2.26. The predicted octanol–water partition coefficient (Wildman–Crippen LogP) is 2.91. The summed E-state index contributed by atoms with van der Waals surface area (Å²) < 4.78 is 13.4. The number of hydrogen-bond donors (Lipinski definition) is 2. The van der Waals surface area contributed by atoms with Gasteiger partial charge in [-0.15, -0.1) is 0 Å². The molecule has 0 atom stereocenters. The summed E-state index contributed by atoms with van der Waals surface area (Å²) in [6.45, 7) is 0. The van der Waals surface area contributed by atoms with E-state index < -0.39 is 5.82 Å². The monoisotopic (exact) mass is 365 g/mol. The molecule has 0 fully saturated rings. The molecule has 0 aliphatic rings. The number of nitrogens with one attached hydrogen (secondary N) is 2. The molecular weight excluding hydrogens is 359 g/mol. The summed E-state index contributed by atoms with van der Waals surface area (Å²) in [6, 6.07) is 3.92. The molecule has 2 N–H and O–H groups in total. The second kappa shape index (κ2) is 5.01.